The summed E-state index contributed by atoms with van der Waals surface area (Å²) in [5.74, 6) is 1.96. The molecule has 1 aromatic heterocycles. The largest absolute Gasteiger partial charge is 0.497 e. The van der Waals surface area contributed by atoms with Crippen LogP contribution in [0.3, 0.4) is 0 Å². The minimum Gasteiger partial charge on any atom is -0.497 e. The zero-order valence-corrected chi connectivity index (χ0v) is 19.1. The van der Waals surface area contributed by atoms with E-state index in [2.05, 4.69) is 0 Å². The molecule has 0 aliphatic heterocycles. The number of fused-ring (bicyclic) bond motifs is 1. The molecular weight excluding hydrogens is 440 g/mol. The number of carbonyl (C=O) groups is 1. The number of hydrogen-bond donors (Lipinski definition) is 1. The van der Waals surface area contributed by atoms with Crippen LogP contribution in [-0.4, -0.2) is 32.4 Å². The second-order valence-electron chi connectivity index (χ2n) is 7.01. The molecule has 0 aliphatic carbocycles. The van der Waals surface area contributed by atoms with Crippen LogP contribution in [0, 0.1) is 0 Å². The molecule has 0 spiro atoms. The Morgan fingerprint density at radius 1 is 0.848 bits per heavy atom. The Bertz CT molecular complexity index is 1310. The maximum absolute atomic E-state index is 12.1. The van der Waals surface area contributed by atoms with Gasteiger partial charge < -0.3 is 24.1 Å². The first kappa shape index (κ1) is 22.2. The van der Waals surface area contributed by atoms with Crippen molar-refractivity contribution < 1.29 is 28.8 Å². The molecule has 1 heterocycles. The number of ether oxygens (including phenoxy) is 4. The second kappa shape index (κ2) is 9.67. The number of rotatable bonds is 8. The van der Waals surface area contributed by atoms with Crippen molar-refractivity contribution in [1.29, 1.82) is 0 Å². The van der Waals surface area contributed by atoms with E-state index in [1.807, 2.05) is 30.3 Å². The molecule has 0 amide bonds. The molecular formula is C26H22O6S. The quantitative estimate of drug-likeness (QED) is 0.308. The predicted octanol–water partition coefficient (Wildman–Crippen LogP) is 6.34. The number of thiophene rings is 1. The molecule has 4 rings (SSSR count). The van der Waals surface area contributed by atoms with Crippen molar-refractivity contribution in [3.63, 3.8) is 0 Å². The monoisotopic (exact) mass is 462 g/mol. The van der Waals surface area contributed by atoms with Crippen molar-refractivity contribution >= 4 is 39.0 Å². The first-order valence-electron chi connectivity index (χ1n) is 10.0. The Kier molecular flexibility index (Phi) is 6.51. The minimum atomic E-state index is -1.02. The van der Waals surface area contributed by atoms with Gasteiger partial charge in [-0.25, -0.2) is 4.79 Å². The smallest absolute Gasteiger partial charge is 0.336 e. The van der Waals surface area contributed by atoms with Gasteiger partial charge in [-0.2, -0.15) is 0 Å². The van der Waals surface area contributed by atoms with Crippen molar-refractivity contribution in [3.8, 4) is 28.7 Å². The van der Waals surface area contributed by atoms with E-state index in [4.69, 9.17) is 18.9 Å². The minimum absolute atomic E-state index is 0.167. The average Bonchev–Trinajstić information content (AvgIpc) is 3.18. The highest BCUT2D eigenvalue weighted by atomic mass is 32.1. The lowest BCUT2D eigenvalue weighted by Gasteiger charge is -2.10. The average molecular weight is 463 g/mol. The Morgan fingerprint density at radius 3 is 2.09 bits per heavy atom. The lowest BCUT2D eigenvalue weighted by atomic mass is 10.1. The summed E-state index contributed by atoms with van der Waals surface area (Å²) in [5.41, 5.74) is 0.772. The molecule has 0 saturated heterocycles. The van der Waals surface area contributed by atoms with Gasteiger partial charge in [-0.3, -0.25) is 0 Å². The topological polar surface area (TPSA) is 74.2 Å². The summed E-state index contributed by atoms with van der Waals surface area (Å²) in [6.45, 7) is 0. The van der Waals surface area contributed by atoms with Gasteiger partial charge in [0.1, 0.15) is 11.5 Å². The first-order valence-corrected chi connectivity index (χ1v) is 10.9. The molecule has 0 radical (unpaired) electrons. The molecule has 0 atom stereocenters. The van der Waals surface area contributed by atoms with Crippen LogP contribution in [0.5, 0.6) is 28.7 Å². The molecule has 0 fully saturated rings. The fraction of sp³-hybridized carbons (Fsp3) is 0.115. The van der Waals surface area contributed by atoms with E-state index in [1.165, 1.54) is 11.3 Å². The van der Waals surface area contributed by atoms with E-state index >= 15 is 0 Å². The molecule has 0 saturated carbocycles. The standard InChI is InChI=1S/C26H22O6S/c1-29-17-9-11-18(12-10-17)32-25-20-13-21(30-2)22(31-3)15-23(20)33-24(25)14-19(26(27)28)16-7-5-4-6-8-16/h4-15H,1-3H3,(H,27,28)/b19-14+. The highest BCUT2D eigenvalue weighted by Crippen LogP contribution is 2.46. The van der Waals surface area contributed by atoms with E-state index in [0.717, 1.165) is 10.1 Å². The maximum atomic E-state index is 12.1. The van der Waals surface area contributed by atoms with Crippen LogP contribution in [0.4, 0.5) is 0 Å². The summed E-state index contributed by atoms with van der Waals surface area (Å²) < 4.78 is 23.3. The summed E-state index contributed by atoms with van der Waals surface area (Å²) in [7, 11) is 4.74. The van der Waals surface area contributed by atoms with Gasteiger partial charge in [-0.05, 0) is 42.0 Å². The molecule has 3 aromatic carbocycles. The van der Waals surface area contributed by atoms with Crippen LogP contribution in [0.15, 0.2) is 66.7 Å². The molecule has 168 valence electrons. The maximum Gasteiger partial charge on any atom is 0.336 e. The fourth-order valence-electron chi connectivity index (χ4n) is 3.40. The Balaban J connectivity index is 1.91. The molecule has 0 unspecified atom stereocenters. The van der Waals surface area contributed by atoms with Crippen LogP contribution in [-0.2, 0) is 4.79 Å². The number of methoxy groups -OCH3 is 3. The van der Waals surface area contributed by atoms with Crippen LogP contribution in [0.2, 0.25) is 0 Å². The van der Waals surface area contributed by atoms with E-state index in [-0.39, 0.29) is 5.57 Å². The molecule has 0 aliphatic rings. The second-order valence-corrected chi connectivity index (χ2v) is 8.09. The van der Waals surface area contributed by atoms with Gasteiger partial charge in [0.15, 0.2) is 17.2 Å². The van der Waals surface area contributed by atoms with Crippen molar-refractivity contribution in [2.24, 2.45) is 0 Å². The number of benzene rings is 3. The third-order valence-electron chi connectivity index (χ3n) is 5.04. The van der Waals surface area contributed by atoms with Crippen molar-refractivity contribution in [2.75, 3.05) is 21.3 Å². The van der Waals surface area contributed by atoms with Crippen LogP contribution >= 0.6 is 11.3 Å². The van der Waals surface area contributed by atoms with Gasteiger partial charge in [-0.1, -0.05) is 30.3 Å². The molecule has 33 heavy (non-hydrogen) atoms. The number of aliphatic carboxylic acids is 1. The van der Waals surface area contributed by atoms with Crippen molar-refractivity contribution in [1.82, 2.24) is 0 Å². The fourth-order valence-corrected chi connectivity index (χ4v) is 4.48. The highest BCUT2D eigenvalue weighted by molar-refractivity contribution is 7.20. The molecule has 0 bridgehead atoms. The number of carboxylic acids is 1. The third kappa shape index (κ3) is 4.63. The van der Waals surface area contributed by atoms with Crippen LogP contribution in [0.1, 0.15) is 10.4 Å². The summed E-state index contributed by atoms with van der Waals surface area (Å²) >= 11 is 1.41. The molecule has 7 heteroatoms. The Labute approximate surface area is 195 Å². The summed E-state index contributed by atoms with van der Waals surface area (Å²) in [6, 6.07) is 19.9. The van der Waals surface area contributed by atoms with Gasteiger partial charge in [0.25, 0.3) is 0 Å². The first-order chi connectivity index (χ1) is 16.0. The normalized spacial score (nSPS) is 11.3. The summed E-state index contributed by atoms with van der Waals surface area (Å²) in [6.07, 6.45) is 1.64. The Hall–Kier alpha value is -3.97. The summed E-state index contributed by atoms with van der Waals surface area (Å²) in [4.78, 5) is 12.8. The third-order valence-corrected chi connectivity index (χ3v) is 6.12. The Morgan fingerprint density at radius 2 is 1.48 bits per heavy atom. The van der Waals surface area contributed by atoms with Crippen LogP contribution < -0.4 is 18.9 Å². The lowest BCUT2D eigenvalue weighted by molar-refractivity contribution is -0.130. The lowest BCUT2D eigenvalue weighted by Crippen LogP contribution is -1.99. The van der Waals surface area contributed by atoms with Gasteiger partial charge in [0.05, 0.1) is 31.8 Å². The zero-order chi connectivity index (χ0) is 23.4. The van der Waals surface area contributed by atoms with E-state index in [1.54, 1.807) is 63.8 Å². The molecule has 1 N–H and O–H groups in total. The van der Waals surface area contributed by atoms with E-state index in [9.17, 15) is 9.90 Å². The number of hydrogen-bond acceptors (Lipinski definition) is 6. The highest BCUT2D eigenvalue weighted by Gasteiger charge is 2.20. The van der Waals surface area contributed by atoms with Gasteiger partial charge in [-0.15, -0.1) is 11.3 Å². The van der Waals surface area contributed by atoms with E-state index in [0.29, 0.717) is 39.2 Å². The van der Waals surface area contributed by atoms with E-state index < -0.39 is 5.97 Å². The summed E-state index contributed by atoms with van der Waals surface area (Å²) in [5, 5.41) is 10.7. The van der Waals surface area contributed by atoms with Crippen molar-refractivity contribution in [2.45, 2.75) is 0 Å². The van der Waals surface area contributed by atoms with Gasteiger partial charge >= 0.3 is 5.97 Å². The van der Waals surface area contributed by atoms with Crippen molar-refractivity contribution in [3.05, 3.63) is 77.2 Å². The predicted molar refractivity (Wildman–Crippen MR) is 130 cm³/mol. The van der Waals surface area contributed by atoms with Crippen LogP contribution in [0.25, 0.3) is 21.7 Å². The SMILES string of the molecule is COc1ccc(Oc2c(/C=C(/C(=O)O)c3ccccc3)sc3cc(OC)c(OC)cc23)cc1. The molecule has 4 aromatic rings. The van der Waals surface area contributed by atoms with Gasteiger partial charge in [0.2, 0.25) is 0 Å². The van der Waals surface area contributed by atoms with Gasteiger partial charge in [0, 0.05) is 16.2 Å². The number of carboxylic acid groups (broad SMARTS) is 1. The zero-order valence-electron chi connectivity index (χ0n) is 18.3. The molecule has 6 nitrogen and oxygen atoms in total.